The van der Waals surface area contributed by atoms with Crippen molar-refractivity contribution in [1.29, 1.82) is 0 Å². The molecule has 1 heterocycles. The molecule has 0 aromatic heterocycles. The summed E-state index contributed by atoms with van der Waals surface area (Å²) in [5.41, 5.74) is 2.16. The second-order valence-corrected chi connectivity index (χ2v) is 10.7. The third-order valence-electron chi connectivity index (χ3n) is 8.60. The highest BCUT2D eigenvalue weighted by Gasteiger charge is 2.66. The molecule has 174 valence electrons. The van der Waals surface area contributed by atoms with Gasteiger partial charge in [0, 0.05) is 12.0 Å². The molecule has 5 aliphatic rings. The van der Waals surface area contributed by atoms with Crippen LogP contribution < -0.4 is 4.74 Å². The Morgan fingerprint density at radius 2 is 1.44 bits per heavy atom. The largest absolute Gasteiger partial charge is 0.426 e. The smallest absolute Gasteiger partial charge is 0.312 e. The first-order valence-electron chi connectivity index (χ1n) is 12.3. The van der Waals surface area contributed by atoms with Crippen molar-refractivity contribution in [3.05, 3.63) is 77.9 Å². The third-order valence-corrected chi connectivity index (χ3v) is 8.60. The van der Waals surface area contributed by atoms with Gasteiger partial charge in [0.15, 0.2) is 0 Å². The molecule has 2 aromatic rings. The summed E-state index contributed by atoms with van der Waals surface area (Å²) >= 11 is 0. The fourth-order valence-corrected chi connectivity index (χ4v) is 6.59. The lowest BCUT2D eigenvalue weighted by Crippen LogP contribution is -2.40. The van der Waals surface area contributed by atoms with Gasteiger partial charge in [0.05, 0.1) is 18.3 Å². The fraction of sp³-hybridized carbons (Fsp3) is 0.414. The van der Waals surface area contributed by atoms with Crippen molar-refractivity contribution in [2.45, 2.75) is 32.1 Å². The molecule has 5 heteroatoms. The average molecular weight is 456 g/mol. The normalized spacial score (nSPS) is 30.8. The van der Waals surface area contributed by atoms with Crippen LogP contribution in [0, 0.1) is 35.5 Å². The van der Waals surface area contributed by atoms with Crippen LogP contribution in [0.5, 0.6) is 5.75 Å². The Kier molecular flexibility index (Phi) is 4.80. The zero-order valence-electron chi connectivity index (χ0n) is 19.5. The van der Waals surface area contributed by atoms with Crippen LogP contribution in [-0.2, 0) is 19.8 Å². The van der Waals surface area contributed by atoms with Crippen molar-refractivity contribution < 1.29 is 19.1 Å². The molecule has 2 aromatic carbocycles. The molecule has 7 rings (SSSR count). The van der Waals surface area contributed by atoms with E-state index < -0.39 is 5.97 Å². The quantitative estimate of drug-likeness (QED) is 0.281. The maximum Gasteiger partial charge on any atom is 0.312 e. The van der Waals surface area contributed by atoms with Gasteiger partial charge in [0.2, 0.25) is 11.8 Å². The van der Waals surface area contributed by atoms with E-state index in [0.717, 1.165) is 12.0 Å². The number of esters is 1. The minimum Gasteiger partial charge on any atom is -0.426 e. The molecule has 3 fully saturated rings. The Balaban J connectivity index is 1.07. The number of rotatable bonds is 6. The van der Waals surface area contributed by atoms with E-state index in [-0.39, 0.29) is 53.9 Å². The molecule has 2 amide bonds. The number of nitrogens with zero attached hydrogens (tertiary/aromatic N) is 1. The predicted octanol–water partition coefficient (Wildman–Crippen LogP) is 4.36. The first-order valence-corrected chi connectivity index (χ1v) is 12.3. The lowest BCUT2D eigenvalue weighted by atomic mass is 9.63. The molecular formula is C29H29NO4. The Morgan fingerprint density at radius 3 is 2.03 bits per heavy atom. The molecule has 2 bridgehead atoms. The minimum absolute atomic E-state index is 0.00377. The zero-order valence-corrected chi connectivity index (χ0v) is 19.5. The number of carbonyl (C=O) groups is 3. The molecule has 2 saturated carbocycles. The first-order chi connectivity index (χ1) is 16.4. The molecule has 0 radical (unpaired) electrons. The molecule has 5 nitrogen and oxygen atoms in total. The third kappa shape index (κ3) is 3.24. The highest BCUT2D eigenvalue weighted by molar-refractivity contribution is 6.06. The van der Waals surface area contributed by atoms with Gasteiger partial charge in [0.25, 0.3) is 0 Å². The van der Waals surface area contributed by atoms with E-state index in [1.54, 1.807) is 12.1 Å². The lowest BCUT2D eigenvalue weighted by molar-refractivity contribution is -0.141. The van der Waals surface area contributed by atoms with E-state index in [1.807, 2.05) is 30.3 Å². The van der Waals surface area contributed by atoms with E-state index in [1.165, 1.54) is 10.5 Å². The monoisotopic (exact) mass is 455 g/mol. The van der Waals surface area contributed by atoms with E-state index in [0.29, 0.717) is 17.6 Å². The van der Waals surface area contributed by atoms with Crippen LogP contribution >= 0.6 is 0 Å². The van der Waals surface area contributed by atoms with Gasteiger partial charge in [-0.05, 0) is 53.4 Å². The fourth-order valence-electron chi connectivity index (χ4n) is 6.59. The highest BCUT2D eigenvalue weighted by atomic mass is 16.5. The summed E-state index contributed by atoms with van der Waals surface area (Å²) in [6.45, 7) is 4.42. The van der Waals surface area contributed by atoms with Gasteiger partial charge in [-0.1, -0.05) is 68.5 Å². The molecule has 0 N–H and O–H groups in total. The Hall–Kier alpha value is -3.21. The summed E-state index contributed by atoms with van der Waals surface area (Å²) in [4.78, 5) is 39.9. The Morgan fingerprint density at radius 1 is 0.882 bits per heavy atom. The molecule has 1 aliphatic heterocycles. The van der Waals surface area contributed by atoms with Crippen LogP contribution in [0.3, 0.4) is 0 Å². The summed E-state index contributed by atoms with van der Waals surface area (Å²) < 4.78 is 5.51. The van der Waals surface area contributed by atoms with E-state index in [4.69, 9.17) is 4.74 Å². The van der Waals surface area contributed by atoms with Crippen molar-refractivity contribution in [3.8, 4) is 5.75 Å². The molecule has 6 atom stereocenters. The summed E-state index contributed by atoms with van der Waals surface area (Å²) in [5.74, 6) is 0.951. The Bertz CT molecular complexity index is 1150. The number of likely N-dealkylation sites (tertiary alicyclic amines) is 1. The molecule has 4 aliphatic carbocycles. The van der Waals surface area contributed by atoms with Crippen molar-refractivity contribution in [2.75, 3.05) is 6.54 Å². The SMILES string of the molecule is CC(C)(c1ccccc1)c1ccc(OC(=O)CCN2C(=O)[C@@H]3[C@@H]4C=C[C@H]([C@H]5C[C@H]45)[C@@H]3C2=O)cc1. The molecule has 34 heavy (non-hydrogen) atoms. The van der Waals surface area contributed by atoms with Gasteiger partial charge in [-0.2, -0.15) is 0 Å². The van der Waals surface area contributed by atoms with Crippen molar-refractivity contribution in [2.24, 2.45) is 35.5 Å². The molecule has 1 saturated heterocycles. The van der Waals surface area contributed by atoms with E-state index in [2.05, 4.69) is 38.1 Å². The predicted molar refractivity (Wildman–Crippen MR) is 127 cm³/mol. The van der Waals surface area contributed by atoms with Crippen LogP contribution in [-0.4, -0.2) is 29.2 Å². The number of ether oxygens (including phenoxy) is 1. The van der Waals surface area contributed by atoms with Crippen LogP contribution in [0.2, 0.25) is 0 Å². The number of allylic oxidation sites excluding steroid dienone is 2. The summed E-state index contributed by atoms with van der Waals surface area (Å²) in [6.07, 6.45) is 5.46. The maximum absolute atomic E-state index is 13.0. The van der Waals surface area contributed by atoms with Gasteiger partial charge in [-0.25, -0.2) is 0 Å². The van der Waals surface area contributed by atoms with E-state index in [9.17, 15) is 14.4 Å². The van der Waals surface area contributed by atoms with Gasteiger partial charge < -0.3 is 4.74 Å². The highest BCUT2D eigenvalue weighted by Crippen LogP contribution is 2.65. The number of carbonyl (C=O) groups excluding carboxylic acids is 3. The maximum atomic E-state index is 13.0. The zero-order chi connectivity index (χ0) is 23.6. The molecule has 0 spiro atoms. The van der Waals surface area contributed by atoms with Gasteiger partial charge in [-0.3, -0.25) is 19.3 Å². The summed E-state index contributed by atoms with van der Waals surface area (Å²) in [5, 5.41) is 0. The second kappa shape index (κ2) is 7.66. The van der Waals surface area contributed by atoms with Crippen LogP contribution in [0.15, 0.2) is 66.7 Å². The number of imide groups is 1. The molecule has 0 unspecified atom stereocenters. The van der Waals surface area contributed by atoms with Crippen molar-refractivity contribution in [3.63, 3.8) is 0 Å². The van der Waals surface area contributed by atoms with Crippen molar-refractivity contribution >= 4 is 17.8 Å². The van der Waals surface area contributed by atoms with Crippen molar-refractivity contribution in [1.82, 2.24) is 4.90 Å². The first kappa shape index (κ1) is 21.3. The van der Waals surface area contributed by atoms with Gasteiger partial charge >= 0.3 is 5.97 Å². The summed E-state index contributed by atoms with van der Waals surface area (Å²) in [7, 11) is 0. The average Bonchev–Trinajstić information content (AvgIpc) is 3.63. The van der Waals surface area contributed by atoms with E-state index >= 15 is 0 Å². The number of hydrogen-bond acceptors (Lipinski definition) is 4. The van der Waals surface area contributed by atoms with Crippen LogP contribution in [0.25, 0.3) is 0 Å². The van der Waals surface area contributed by atoms with Crippen LogP contribution in [0.4, 0.5) is 0 Å². The van der Waals surface area contributed by atoms with Crippen LogP contribution in [0.1, 0.15) is 37.8 Å². The topological polar surface area (TPSA) is 63.7 Å². The second-order valence-electron chi connectivity index (χ2n) is 10.7. The number of hydrogen-bond donors (Lipinski definition) is 0. The molecular weight excluding hydrogens is 426 g/mol. The van der Waals surface area contributed by atoms with Gasteiger partial charge in [-0.15, -0.1) is 0 Å². The standard InChI is InChI=1S/C29H29NO4/c1-29(2,17-6-4-3-5-7-17)18-8-10-19(11-9-18)34-24(31)14-15-30-27(32)25-20-12-13-21(23-16-22(20)23)26(25)28(30)33/h3-13,20-23,25-26H,14-16H2,1-2H3/t20-,21-,22-,23-,25-,26+/m1/s1. The minimum atomic E-state index is -0.436. The van der Waals surface area contributed by atoms with Gasteiger partial charge in [0.1, 0.15) is 5.75 Å². The number of benzene rings is 2. The summed E-state index contributed by atoms with van der Waals surface area (Å²) in [6, 6.07) is 17.8. The lowest BCUT2D eigenvalue weighted by Gasteiger charge is -2.37. The number of amides is 2. The Labute approximate surface area is 199 Å².